The maximum Gasteiger partial charge on any atom is 0.186 e. The minimum absolute atomic E-state index is 0.293. The minimum Gasteiger partial charge on any atom is -0.519 e. The van der Waals surface area contributed by atoms with Crippen molar-refractivity contribution in [3.8, 4) is 0 Å². The zero-order valence-corrected chi connectivity index (χ0v) is 19.2. The summed E-state index contributed by atoms with van der Waals surface area (Å²) in [7, 11) is 0. The van der Waals surface area contributed by atoms with Crippen molar-refractivity contribution in [1.29, 1.82) is 0 Å². The lowest BCUT2D eigenvalue weighted by Crippen LogP contribution is -2.61. The van der Waals surface area contributed by atoms with Gasteiger partial charge in [-0.05, 0) is 11.8 Å². The van der Waals surface area contributed by atoms with Gasteiger partial charge in [-0.25, -0.2) is 0 Å². The van der Waals surface area contributed by atoms with Crippen molar-refractivity contribution in [2.24, 2.45) is 21.8 Å². The highest BCUT2D eigenvalue weighted by Gasteiger charge is 2.53. The Labute approximate surface area is 178 Å². The van der Waals surface area contributed by atoms with Gasteiger partial charge in [-0.1, -0.05) is 91.9 Å². The molecule has 2 aliphatic heterocycles. The van der Waals surface area contributed by atoms with E-state index in [1.807, 2.05) is 0 Å². The normalized spacial score (nSPS) is 29.7. The predicted molar refractivity (Wildman–Crippen MR) is 123 cm³/mol. The summed E-state index contributed by atoms with van der Waals surface area (Å²) in [6.07, 6.45) is 12.1. The molecule has 0 spiro atoms. The molecule has 4 nitrogen and oxygen atoms in total. The van der Waals surface area contributed by atoms with Crippen LogP contribution >= 0.6 is 0 Å². The summed E-state index contributed by atoms with van der Waals surface area (Å²) in [5, 5.41) is 0. The monoisotopic (exact) mass is 401 g/mol. The van der Waals surface area contributed by atoms with E-state index in [-0.39, 0.29) is 0 Å². The molecule has 5 heteroatoms. The van der Waals surface area contributed by atoms with Crippen LogP contribution in [-0.4, -0.2) is 43.0 Å². The molecule has 0 N–H and O–H groups in total. The molecule has 4 aliphatic rings. The molecule has 0 unspecified atom stereocenters. The van der Waals surface area contributed by atoms with Gasteiger partial charge in [0.2, 0.25) is 0 Å². The lowest BCUT2D eigenvalue weighted by molar-refractivity contribution is 0.287. The molecule has 2 heterocycles. The van der Waals surface area contributed by atoms with Crippen LogP contribution in [0.2, 0.25) is 11.6 Å². The SMILES string of the molecule is CC(C)[C@H]1COC([B-](C2=N[C@@H](C(C)C)CO2)(C2CCCCC2)C2CCCCC2)=N1. The van der Waals surface area contributed by atoms with Crippen molar-refractivity contribution in [3.63, 3.8) is 0 Å². The molecule has 0 aromatic rings. The standard InChI is InChI=1S/C24H42BN2O2/c1-17(2)21-15-28-23(26-21)25(19-11-7-5-8-12-19,20-13-9-6-10-14-20)24-27-22(16-29-24)18(3)4/h17-22H,5-16H2,1-4H3/q-1/t21-,22-/m1/s1. The first-order valence-electron chi connectivity index (χ1n) is 12.6. The van der Waals surface area contributed by atoms with Gasteiger partial charge in [0.25, 0.3) is 0 Å². The fourth-order valence-corrected chi connectivity index (χ4v) is 6.64. The Morgan fingerprint density at radius 1 is 0.655 bits per heavy atom. The Bertz CT molecular complexity index is 564. The average Bonchev–Trinajstić information content (AvgIpc) is 3.41. The first-order valence-corrected chi connectivity index (χ1v) is 12.6. The second-order valence-electron chi connectivity index (χ2n) is 11.0. The molecule has 0 saturated heterocycles. The van der Waals surface area contributed by atoms with Gasteiger partial charge in [0.05, 0.1) is 12.1 Å². The van der Waals surface area contributed by atoms with E-state index < -0.39 is 6.15 Å². The summed E-state index contributed by atoms with van der Waals surface area (Å²) in [5.74, 6) is 4.42. The third-order valence-corrected chi connectivity index (χ3v) is 8.53. The number of ether oxygens (including phenoxy) is 2. The van der Waals surface area contributed by atoms with E-state index in [9.17, 15) is 0 Å². The third kappa shape index (κ3) is 4.00. The van der Waals surface area contributed by atoms with Crippen LogP contribution in [0.15, 0.2) is 9.98 Å². The maximum atomic E-state index is 6.52. The molecule has 2 saturated carbocycles. The van der Waals surface area contributed by atoms with Crippen molar-refractivity contribution in [1.82, 2.24) is 0 Å². The lowest BCUT2D eigenvalue weighted by Gasteiger charge is -2.53. The van der Waals surface area contributed by atoms with E-state index in [1.165, 1.54) is 64.2 Å². The topological polar surface area (TPSA) is 43.2 Å². The first-order chi connectivity index (χ1) is 14.0. The molecule has 0 bridgehead atoms. The van der Waals surface area contributed by atoms with Gasteiger partial charge in [-0.3, -0.25) is 9.98 Å². The van der Waals surface area contributed by atoms with Crippen LogP contribution in [-0.2, 0) is 9.47 Å². The maximum absolute atomic E-state index is 6.52. The third-order valence-electron chi connectivity index (χ3n) is 8.53. The Kier molecular flexibility index (Phi) is 6.61. The number of hydrogen-bond acceptors (Lipinski definition) is 4. The van der Waals surface area contributed by atoms with Crippen LogP contribution in [0.5, 0.6) is 0 Å². The largest absolute Gasteiger partial charge is 0.519 e. The quantitative estimate of drug-likeness (QED) is 0.506. The van der Waals surface area contributed by atoms with Gasteiger partial charge in [0.15, 0.2) is 6.15 Å². The zero-order chi connectivity index (χ0) is 20.4. The Balaban J connectivity index is 1.81. The van der Waals surface area contributed by atoms with E-state index in [0.717, 1.165) is 24.8 Å². The first kappa shape index (κ1) is 21.2. The van der Waals surface area contributed by atoms with Gasteiger partial charge in [0, 0.05) is 11.6 Å². The van der Waals surface area contributed by atoms with Crippen molar-refractivity contribution in [2.45, 2.75) is 116 Å². The Morgan fingerprint density at radius 2 is 1.03 bits per heavy atom. The van der Waals surface area contributed by atoms with Crippen LogP contribution in [0.25, 0.3) is 0 Å². The van der Waals surface area contributed by atoms with E-state index in [2.05, 4.69) is 27.7 Å². The van der Waals surface area contributed by atoms with Gasteiger partial charge < -0.3 is 9.47 Å². The van der Waals surface area contributed by atoms with Gasteiger partial charge in [-0.2, -0.15) is 0 Å². The molecule has 2 aliphatic carbocycles. The summed E-state index contributed by atoms with van der Waals surface area (Å²) in [6, 6.07) is 0.586. The molecule has 2 atom stereocenters. The van der Waals surface area contributed by atoms with Crippen molar-refractivity contribution in [2.75, 3.05) is 13.2 Å². The van der Waals surface area contributed by atoms with Crippen molar-refractivity contribution >= 4 is 17.7 Å². The van der Waals surface area contributed by atoms with E-state index in [4.69, 9.17) is 19.5 Å². The summed E-state index contributed by atoms with van der Waals surface area (Å²) in [4.78, 5) is 10.6. The van der Waals surface area contributed by atoms with Gasteiger partial charge >= 0.3 is 0 Å². The zero-order valence-electron chi connectivity index (χ0n) is 19.2. The number of aliphatic imine (C=N–C) groups is 2. The van der Waals surface area contributed by atoms with E-state index in [0.29, 0.717) is 35.6 Å². The summed E-state index contributed by atoms with van der Waals surface area (Å²) in [5.41, 5.74) is 0. The minimum atomic E-state index is -1.13. The van der Waals surface area contributed by atoms with Crippen LogP contribution in [0, 0.1) is 11.8 Å². The number of hydrogen-bond donors (Lipinski definition) is 0. The number of rotatable bonds is 6. The van der Waals surface area contributed by atoms with Crippen LogP contribution in [0.3, 0.4) is 0 Å². The Hall–Kier alpha value is -0.995. The predicted octanol–water partition coefficient (Wildman–Crippen LogP) is 6.09. The number of nitrogens with zero attached hydrogens (tertiary/aromatic N) is 2. The summed E-state index contributed by atoms with van der Waals surface area (Å²) < 4.78 is 13.0. The van der Waals surface area contributed by atoms with E-state index in [1.54, 1.807) is 0 Å². The van der Waals surface area contributed by atoms with Crippen LogP contribution in [0.1, 0.15) is 91.9 Å². The molecule has 0 aromatic carbocycles. The van der Waals surface area contributed by atoms with E-state index >= 15 is 0 Å². The fraction of sp³-hybridized carbons (Fsp3) is 0.917. The molecule has 0 radical (unpaired) electrons. The summed E-state index contributed by atoms with van der Waals surface area (Å²) in [6.45, 7) is 10.6. The molecule has 2 fully saturated rings. The van der Waals surface area contributed by atoms with Gasteiger partial charge in [-0.15, -0.1) is 11.6 Å². The highest BCUT2D eigenvalue weighted by atomic mass is 16.5. The lowest BCUT2D eigenvalue weighted by atomic mass is 9.10. The molecule has 164 valence electrons. The molecule has 0 amide bonds. The van der Waals surface area contributed by atoms with Crippen molar-refractivity contribution in [3.05, 3.63) is 0 Å². The second-order valence-corrected chi connectivity index (χ2v) is 11.0. The molecular formula is C24H42BN2O2-. The average molecular weight is 401 g/mol. The van der Waals surface area contributed by atoms with Crippen LogP contribution in [0.4, 0.5) is 0 Å². The van der Waals surface area contributed by atoms with Gasteiger partial charge in [0.1, 0.15) is 13.2 Å². The van der Waals surface area contributed by atoms with Crippen LogP contribution < -0.4 is 0 Å². The second kappa shape index (κ2) is 9.02. The molecule has 29 heavy (non-hydrogen) atoms. The molecular weight excluding hydrogens is 359 g/mol. The fourth-order valence-electron chi connectivity index (χ4n) is 6.64. The van der Waals surface area contributed by atoms with Crippen molar-refractivity contribution < 1.29 is 9.47 Å². The molecule has 0 aromatic heterocycles. The smallest absolute Gasteiger partial charge is 0.186 e. The molecule has 4 rings (SSSR count). The summed E-state index contributed by atoms with van der Waals surface area (Å²) >= 11 is 0. The highest BCUT2D eigenvalue weighted by Crippen LogP contribution is 2.51. The Morgan fingerprint density at radius 3 is 1.34 bits per heavy atom. The highest BCUT2D eigenvalue weighted by molar-refractivity contribution is 7.26.